The van der Waals surface area contributed by atoms with E-state index in [1.807, 2.05) is 12.1 Å². The summed E-state index contributed by atoms with van der Waals surface area (Å²) < 4.78 is 10.7. The Hall–Kier alpha value is -2.49. The first-order chi connectivity index (χ1) is 14.1. The molecule has 0 aliphatic heterocycles. The zero-order valence-corrected chi connectivity index (χ0v) is 17.0. The number of ether oxygens (including phenoxy) is 2. The Morgan fingerprint density at radius 1 is 0.897 bits per heavy atom. The zero-order chi connectivity index (χ0) is 19.8. The highest BCUT2D eigenvalue weighted by molar-refractivity contribution is 5.91. The molecule has 0 atom stereocenters. The van der Waals surface area contributed by atoms with Crippen molar-refractivity contribution >= 4 is 11.6 Å². The van der Waals surface area contributed by atoms with Crippen molar-refractivity contribution in [3.8, 4) is 11.5 Å². The number of benzene rings is 2. The number of rotatable bonds is 6. The maximum atomic E-state index is 12.3. The molecule has 0 saturated heterocycles. The first-order valence-corrected chi connectivity index (χ1v) is 10.8. The lowest BCUT2D eigenvalue weighted by Gasteiger charge is -2.57. The van der Waals surface area contributed by atoms with Gasteiger partial charge in [-0.25, -0.2) is 0 Å². The van der Waals surface area contributed by atoms with E-state index in [1.165, 1.54) is 44.1 Å². The van der Waals surface area contributed by atoms with Crippen LogP contribution in [-0.4, -0.2) is 19.6 Å². The van der Waals surface area contributed by atoms with E-state index < -0.39 is 0 Å². The lowest BCUT2D eigenvalue weighted by molar-refractivity contribution is -0.118. The van der Waals surface area contributed by atoms with E-state index in [0.29, 0.717) is 11.2 Å². The van der Waals surface area contributed by atoms with Crippen molar-refractivity contribution in [1.82, 2.24) is 0 Å². The summed E-state index contributed by atoms with van der Waals surface area (Å²) in [5, 5.41) is 2.95. The van der Waals surface area contributed by atoms with Gasteiger partial charge >= 0.3 is 0 Å². The zero-order valence-electron chi connectivity index (χ0n) is 17.0. The SMILES string of the molecule is COc1ccc(OCC(=O)Nc2ccc(C34CC5CC(CC(C5)C3)C4)cc2)cc1. The van der Waals surface area contributed by atoms with Gasteiger partial charge in [-0.3, -0.25) is 4.79 Å². The van der Waals surface area contributed by atoms with Gasteiger partial charge in [-0.1, -0.05) is 12.1 Å². The Kier molecular flexibility index (Phi) is 4.73. The van der Waals surface area contributed by atoms with Crippen LogP contribution in [-0.2, 0) is 10.2 Å². The fraction of sp³-hybridized carbons (Fsp3) is 0.480. The van der Waals surface area contributed by atoms with Gasteiger partial charge in [-0.05, 0) is 104 Å². The predicted molar refractivity (Wildman–Crippen MR) is 113 cm³/mol. The molecule has 4 saturated carbocycles. The maximum absolute atomic E-state index is 12.3. The molecule has 6 rings (SSSR count). The van der Waals surface area contributed by atoms with Crippen LogP contribution in [0, 0.1) is 17.8 Å². The number of hydrogen-bond donors (Lipinski definition) is 1. The first kappa shape index (κ1) is 18.5. The molecule has 0 heterocycles. The average molecular weight is 392 g/mol. The Morgan fingerprint density at radius 2 is 1.45 bits per heavy atom. The number of methoxy groups -OCH3 is 1. The summed E-state index contributed by atoms with van der Waals surface area (Å²) in [5.74, 6) is 4.09. The van der Waals surface area contributed by atoms with Gasteiger partial charge in [0.1, 0.15) is 11.5 Å². The molecule has 4 bridgehead atoms. The van der Waals surface area contributed by atoms with Crippen LogP contribution in [0.4, 0.5) is 5.69 Å². The van der Waals surface area contributed by atoms with Crippen LogP contribution in [0.3, 0.4) is 0 Å². The second kappa shape index (κ2) is 7.40. The third kappa shape index (κ3) is 3.73. The second-order valence-corrected chi connectivity index (χ2v) is 9.29. The van der Waals surface area contributed by atoms with E-state index in [1.54, 1.807) is 19.2 Å². The summed E-state index contributed by atoms with van der Waals surface area (Å²) >= 11 is 0. The number of amides is 1. The molecule has 1 amide bonds. The minimum atomic E-state index is -0.150. The molecule has 152 valence electrons. The fourth-order valence-electron chi connectivity index (χ4n) is 6.39. The van der Waals surface area contributed by atoms with E-state index in [-0.39, 0.29) is 12.5 Å². The summed E-state index contributed by atoms with van der Waals surface area (Å²) in [6, 6.07) is 15.8. The Bertz CT molecular complexity index is 837. The van der Waals surface area contributed by atoms with Crippen LogP contribution in [0.25, 0.3) is 0 Å². The molecule has 4 aliphatic rings. The van der Waals surface area contributed by atoms with Gasteiger partial charge in [0, 0.05) is 5.69 Å². The van der Waals surface area contributed by atoms with Crippen molar-refractivity contribution < 1.29 is 14.3 Å². The molecule has 2 aromatic rings. The molecule has 0 aromatic heterocycles. The summed E-state index contributed by atoms with van der Waals surface area (Å²) in [6.07, 6.45) is 8.46. The molecule has 4 fully saturated rings. The minimum Gasteiger partial charge on any atom is -0.497 e. The Morgan fingerprint density at radius 3 is 2.00 bits per heavy atom. The lowest BCUT2D eigenvalue weighted by Crippen LogP contribution is -2.48. The van der Waals surface area contributed by atoms with Crippen LogP contribution >= 0.6 is 0 Å². The molecular weight excluding hydrogens is 362 g/mol. The normalized spacial score (nSPS) is 29.5. The molecule has 2 aromatic carbocycles. The van der Waals surface area contributed by atoms with Crippen LogP contribution < -0.4 is 14.8 Å². The topological polar surface area (TPSA) is 47.6 Å². The number of nitrogens with one attached hydrogen (secondary N) is 1. The number of hydrogen-bond acceptors (Lipinski definition) is 3. The third-order valence-electron chi connectivity index (χ3n) is 7.25. The van der Waals surface area contributed by atoms with Crippen molar-refractivity contribution in [3.63, 3.8) is 0 Å². The quantitative estimate of drug-likeness (QED) is 0.738. The van der Waals surface area contributed by atoms with E-state index in [0.717, 1.165) is 29.2 Å². The molecule has 29 heavy (non-hydrogen) atoms. The van der Waals surface area contributed by atoms with E-state index in [9.17, 15) is 4.79 Å². The standard InChI is InChI=1S/C25H29NO3/c1-28-22-6-8-23(9-7-22)29-16-24(27)26-21-4-2-20(3-5-21)25-13-17-10-18(14-25)12-19(11-17)15-25/h2-9,17-19H,10-16H2,1H3,(H,26,27). The smallest absolute Gasteiger partial charge is 0.262 e. The van der Waals surface area contributed by atoms with Crippen molar-refractivity contribution in [2.45, 2.75) is 43.9 Å². The van der Waals surface area contributed by atoms with Gasteiger partial charge in [0.05, 0.1) is 7.11 Å². The number of carbonyl (C=O) groups is 1. The van der Waals surface area contributed by atoms with Gasteiger partial charge in [0.15, 0.2) is 6.61 Å². The summed E-state index contributed by atoms with van der Waals surface area (Å²) in [4.78, 5) is 12.3. The fourth-order valence-corrected chi connectivity index (χ4v) is 6.39. The van der Waals surface area contributed by atoms with Gasteiger partial charge in [-0.15, -0.1) is 0 Å². The number of anilines is 1. The number of carbonyl (C=O) groups excluding carboxylic acids is 1. The van der Waals surface area contributed by atoms with E-state index >= 15 is 0 Å². The van der Waals surface area contributed by atoms with Crippen molar-refractivity contribution in [3.05, 3.63) is 54.1 Å². The molecular formula is C25H29NO3. The summed E-state index contributed by atoms with van der Waals surface area (Å²) in [5.41, 5.74) is 2.71. The Labute approximate surface area is 172 Å². The highest BCUT2D eigenvalue weighted by atomic mass is 16.5. The first-order valence-electron chi connectivity index (χ1n) is 10.8. The largest absolute Gasteiger partial charge is 0.497 e. The molecule has 0 unspecified atom stereocenters. The summed E-state index contributed by atoms with van der Waals surface area (Å²) in [7, 11) is 1.62. The average Bonchev–Trinajstić information content (AvgIpc) is 2.72. The summed E-state index contributed by atoms with van der Waals surface area (Å²) in [6.45, 7) is -0.0109. The van der Waals surface area contributed by atoms with Gasteiger partial charge < -0.3 is 14.8 Å². The van der Waals surface area contributed by atoms with Crippen molar-refractivity contribution in [1.29, 1.82) is 0 Å². The third-order valence-corrected chi connectivity index (χ3v) is 7.25. The Balaban J connectivity index is 1.19. The lowest BCUT2D eigenvalue weighted by atomic mass is 9.48. The molecule has 4 nitrogen and oxygen atoms in total. The van der Waals surface area contributed by atoms with E-state index in [2.05, 4.69) is 29.6 Å². The molecule has 4 aliphatic carbocycles. The molecule has 0 spiro atoms. The molecule has 4 heteroatoms. The minimum absolute atomic E-state index is 0.0109. The van der Waals surface area contributed by atoms with Crippen LogP contribution in [0.15, 0.2) is 48.5 Å². The van der Waals surface area contributed by atoms with Crippen LogP contribution in [0.1, 0.15) is 44.1 Å². The van der Waals surface area contributed by atoms with Gasteiger partial charge in [0.2, 0.25) is 0 Å². The highest BCUT2D eigenvalue weighted by Crippen LogP contribution is 2.60. The second-order valence-electron chi connectivity index (χ2n) is 9.29. The predicted octanol–water partition coefficient (Wildman–Crippen LogP) is 5.18. The maximum Gasteiger partial charge on any atom is 0.262 e. The van der Waals surface area contributed by atoms with Gasteiger partial charge in [0.25, 0.3) is 5.91 Å². The van der Waals surface area contributed by atoms with Crippen LogP contribution in [0.5, 0.6) is 11.5 Å². The highest BCUT2D eigenvalue weighted by Gasteiger charge is 2.51. The van der Waals surface area contributed by atoms with Gasteiger partial charge in [-0.2, -0.15) is 0 Å². The van der Waals surface area contributed by atoms with Crippen molar-refractivity contribution in [2.75, 3.05) is 19.0 Å². The monoisotopic (exact) mass is 391 g/mol. The van der Waals surface area contributed by atoms with Crippen molar-refractivity contribution in [2.24, 2.45) is 17.8 Å². The molecule has 0 radical (unpaired) electrons. The molecule has 1 N–H and O–H groups in total. The van der Waals surface area contributed by atoms with Crippen LogP contribution in [0.2, 0.25) is 0 Å². The van der Waals surface area contributed by atoms with E-state index in [4.69, 9.17) is 9.47 Å².